The second-order valence-electron chi connectivity index (χ2n) is 5.42. The van der Waals surface area contributed by atoms with Crippen molar-refractivity contribution in [3.63, 3.8) is 0 Å². The van der Waals surface area contributed by atoms with Crippen LogP contribution in [0.2, 0.25) is 0 Å². The SMILES string of the molecule is O=C(NCCn1cc([N+](=O)[O-])cn1)c1ccc(-c2ccccc2)cc1. The largest absolute Gasteiger partial charge is 0.350 e. The minimum Gasteiger partial charge on any atom is -0.350 e. The van der Waals surface area contributed by atoms with Gasteiger partial charge in [-0.1, -0.05) is 42.5 Å². The van der Waals surface area contributed by atoms with E-state index >= 15 is 0 Å². The molecular weight excluding hydrogens is 320 g/mol. The van der Waals surface area contributed by atoms with Crippen LogP contribution in [0.1, 0.15) is 10.4 Å². The Hall–Kier alpha value is -3.48. The molecule has 0 saturated heterocycles. The number of benzene rings is 2. The van der Waals surface area contributed by atoms with E-state index in [1.54, 1.807) is 12.1 Å². The van der Waals surface area contributed by atoms with E-state index in [0.717, 1.165) is 11.1 Å². The highest BCUT2D eigenvalue weighted by molar-refractivity contribution is 5.94. The molecule has 3 rings (SSSR count). The van der Waals surface area contributed by atoms with Crippen LogP contribution in [0, 0.1) is 10.1 Å². The van der Waals surface area contributed by atoms with Crippen LogP contribution >= 0.6 is 0 Å². The zero-order chi connectivity index (χ0) is 17.6. The first kappa shape index (κ1) is 16.4. The first-order valence-corrected chi connectivity index (χ1v) is 7.74. The van der Waals surface area contributed by atoms with E-state index in [2.05, 4.69) is 10.4 Å². The maximum absolute atomic E-state index is 12.1. The van der Waals surface area contributed by atoms with E-state index in [0.29, 0.717) is 18.7 Å². The standard InChI is InChI=1S/C18H16N4O3/c23-18(19-10-11-21-13-17(12-20-21)22(24)25)16-8-6-15(7-9-16)14-4-2-1-3-5-14/h1-9,12-13H,10-11H2,(H,19,23). The number of aromatic nitrogens is 2. The first-order valence-electron chi connectivity index (χ1n) is 7.74. The average Bonchev–Trinajstić information content (AvgIpc) is 3.12. The normalized spacial score (nSPS) is 10.4. The van der Waals surface area contributed by atoms with Crippen molar-refractivity contribution in [1.82, 2.24) is 15.1 Å². The van der Waals surface area contributed by atoms with Gasteiger partial charge < -0.3 is 5.32 Å². The average molecular weight is 336 g/mol. The molecule has 1 amide bonds. The predicted octanol–water partition coefficient (Wildman–Crippen LogP) is 2.89. The van der Waals surface area contributed by atoms with Crippen molar-refractivity contribution in [3.8, 4) is 11.1 Å². The fourth-order valence-corrected chi connectivity index (χ4v) is 2.40. The monoisotopic (exact) mass is 336 g/mol. The van der Waals surface area contributed by atoms with Crippen LogP contribution in [0.15, 0.2) is 67.0 Å². The lowest BCUT2D eigenvalue weighted by Gasteiger charge is -2.06. The Morgan fingerprint density at radius 1 is 1.08 bits per heavy atom. The summed E-state index contributed by atoms with van der Waals surface area (Å²) in [6.07, 6.45) is 2.52. The molecule has 0 fully saturated rings. The van der Waals surface area contributed by atoms with Crippen LogP contribution < -0.4 is 5.32 Å². The lowest BCUT2D eigenvalue weighted by molar-refractivity contribution is -0.385. The summed E-state index contributed by atoms with van der Waals surface area (Å²) in [7, 11) is 0. The third-order valence-electron chi connectivity index (χ3n) is 3.71. The van der Waals surface area contributed by atoms with Crippen molar-refractivity contribution >= 4 is 11.6 Å². The molecule has 0 aliphatic heterocycles. The summed E-state index contributed by atoms with van der Waals surface area (Å²) >= 11 is 0. The summed E-state index contributed by atoms with van der Waals surface area (Å²) in [5, 5.41) is 17.2. The topological polar surface area (TPSA) is 90.1 Å². The number of carbonyl (C=O) groups is 1. The molecule has 0 radical (unpaired) electrons. The molecule has 1 heterocycles. The fourth-order valence-electron chi connectivity index (χ4n) is 2.40. The second kappa shape index (κ2) is 7.39. The van der Waals surface area contributed by atoms with Gasteiger partial charge in [-0.25, -0.2) is 0 Å². The summed E-state index contributed by atoms with van der Waals surface area (Å²) in [4.78, 5) is 22.2. The van der Waals surface area contributed by atoms with Gasteiger partial charge in [0.1, 0.15) is 12.4 Å². The fraction of sp³-hybridized carbons (Fsp3) is 0.111. The van der Waals surface area contributed by atoms with Crippen molar-refractivity contribution in [2.75, 3.05) is 6.54 Å². The number of nitrogens with one attached hydrogen (secondary N) is 1. The smallest absolute Gasteiger partial charge is 0.306 e. The maximum Gasteiger partial charge on any atom is 0.306 e. The summed E-state index contributed by atoms with van der Waals surface area (Å²) in [5.41, 5.74) is 2.63. The van der Waals surface area contributed by atoms with Crippen molar-refractivity contribution in [1.29, 1.82) is 0 Å². The molecule has 0 aliphatic rings. The molecule has 3 aromatic rings. The number of nitro groups is 1. The van der Waals surface area contributed by atoms with Gasteiger partial charge >= 0.3 is 5.69 Å². The number of hydrogen-bond donors (Lipinski definition) is 1. The van der Waals surface area contributed by atoms with Crippen LogP contribution in [0.3, 0.4) is 0 Å². The molecular formula is C18H16N4O3. The number of rotatable bonds is 6. The molecule has 0 aliphatic carbocycles. The predicted molar refractivity (Wildman–Crippen MR) is 93.1 cm³/mol. The van der Waals surface area contributed by atoms with Crippen molar-refractivity contribution in [3.05, 3.63) is 82.7 Å². The zero-order valence-corrected chi connectivity index (χ0v) is 13.3. The minimum atomic E-state index is -0.504. The van der Waals surface area contributed by atoms with E-state index in [1.807, 2.05) is 42.5 Å². The van der Waals surface area contributed by atoms with Crippen LogP contribution in [0.4, 0.5) is 5.69 Å². The summed E-state index contributed by atoms with van der Waals surface area (Å²) in [5.74, 6) is -0.193. The first-order chi connectivity index (χ1) is 12.1. The Morgan fingerprint density at radius 3 is 2.40 bits per heavy atom. The number of hydrogen-bond acceptors (Lipinski definition) is 4. The lowest BCUT2D eigenvalue weighted by Crippen LogP contribution is -2.27. The molecule has 7 nitrogen and oxygen atoms in total. The quantitative estimate of drug-likeness (QED) is 0.553. The number of amides is 1. The van der Waals surface area contributed by atoms with Crippen molar-refractivity contribution < 1.29 is 9.72 Å². The third kappa shape index (κ3) is 4.08. The molecule has 1 N–H and O–H groups in total. The lowest BCUT2D eigenvalue weighted by atomic mass is 10.0. The van der Waals surface area contributed by atoms with Gasteiger partial charge in [-0.15, -0.1) is 0 Å². The summed E-state index contributed by atoms with van der Waals surface area (Å²) in [6, 6.07) is 17.3. The van der Waals surface area contributed by atoms with Gasteiger partial charge in [-0.2, -0.15) is 5.10 Å². The molecule has 7 heteroatoms. The van der Waals surface area contributed by atoms with Gasteiger partial charge in [0.2, 0.25) is 0 Å². The molecule has 0 atom stereocenters. The van der Waals surface area contributed by atoms with E-state index in [-0.39, 0.29) is 11.6 Å². The molecule has 1 aromatic heterocycles. The number of nitrogens with zero attached hydrogens (tertiary/aromatic N) is 3. The minimum absolute atomic E-state index is 0.0668. The van der Waals surface area contributed by atoms with Gasteiger partial charge in [-0.3, -0.25) is 19.6 Å². The van der Waals surface area contributed by atoms with Crippen molar-refractivity contribution in [2.45, 2.75) is 6.54 Å². The van der Waals surface area contributed by atoms with Gasteiger partial charge in [0.25, 0.3) is 5.91 Å². The van der Waals surface area contributed by atoms with E-state index < -0.39 is 4.92 Å². The Balaban J connectivity index is 1.55. The highest BCUT2D eigenvalue weighted by Gasteiger charge is 2.09. The molecule has 0 bridgehead atoms. The summed E-state index contributed by atoms with van der Waals surface area (Å²) < 4.78 is 1.43. The van der Waals surface area contributed by atoms with Crippen LogP contribution in [-0.2, 0) is 6.54 Å². The van der Waals surface area contributed by atoms with Crippen LogP contribution in [0.5, 0.6) is 0 Å². The Bertz CT molecular complexity index is 873. The second-order valence-corrected chi connectivity index (χ2v) is 5.42. The van der Waals surface area contributed by atoms with Gasteiger partial charge in [0.15, 0.2) is 0 Å². The Labute approximate surface area is 144 Å². The molecule has 0 unspecified atom stereocenters. The van der Waals surface area contributed by atoms with Gasteiger partial charge in [-0.05, 0) is 23.3 Å². The van der Waals surface area contributed by atoms with Crippen LogP contribution in [0.25, 0.3) is 11.1 Å². The molecule has 0 saturated carbocycles. The third-order valence-corrected chi connectivity index (χ3v) is 3.71. The Morgan fingerprint density at radius 2 is 1.76 bits per heavy atom. The van der Waals surface area contributed by atoms with Gasteiger partial charge in [0, 0.05) is 12.1 Å². The molecule has 0 spiro atoms. The highest BCUT2D eigenvalue weighted by Crippen LogP contribution is 2.19. The summed E-state index contributed by atoms with van der Waals surface area (Å²) in [6.45, 7) is 0.694. The molecule has 126 valence electrons. The molecule has 25 heavy (non-hydrogen) atoms. The van der Waals surface area contributed by atoms with E-state index in [4.69, 9.17) is 0 Å². The van der Waals surface area contributed by atoms with Gasteiger partial charge in [0.05, 0.1) is 11.5 Å². The van der Waals surface area contributed by atoms with Crippen LogP contribution in [-0.4, -0.2) is 27.2 Å². The Kier molecular flexibility index (Phi) is 4.84. The molecule has 2 aromatic carbocycles. The zero-order valence-electron chi connectivity index (χ0n) is 13.3. The van der Waals surface area contributed by atoms with E-state index in [1.165, 1.54) is 17.1 Å². The number of carbonyl (C=O) groups excluding carboxylic acids is 1. The highest BCUT2D eigenvalue weighted by atomic mass is 16.6. The van der Waals surface area contributed by atoms with Crippen molar-refractivity contribution in [2.24, 2.45) is 0 Å². The maximum atomic E-state index is 12.1. The van der Waals surface area contributed by atoms with E-state index in [9.17, 15) is 14.9 Å².